The van der Waals surface area contributed by atoms with Crippen molar-refractivity contribution in [2.75, 3.05) is 5.73 Å². The van der Waals surface area contributed by atoms with Gasteiger partial charge in [-0.2, -0.15) is 0 Å². The lowest BCUT2D eigenvalue weighted by Crippen LogP contribution is -2.05. The van der Waals surface area contributed by atoms with Crippen LogP contribution in [0.15, 0.2) is 11.1 Å². The zero-order valence-corrected chi connectivity index (χ0v) is 6.18. The highest BCUT2D eigenvalue weighted by atomic mass is 32.1. The second kappa shape index (κ2) is 2.03. The third-order valence-corrected chi connectivity index (χ3v) is 2.01. The average molecular weight is 168 g/mol. The van der Waals surface area contributed by atoms with E-state index in [2.05, 4.69) is 15.0 Å². The van der Waals surface area contributed by atoms with Gasteiger partial charge in [-0.05, 0) is 0 Å². The molecule has 0 spiro atoms. The van der Waals surface area contributed by atoms with E-state index in [0.29, 0.717) is 15.5 Å². The quantitative estimate of drug-likeness (QED) is 0.578. The lowest BCUT2D eigenvalue weighted by molar-refractivity contribution is 1.17. The summed E-state index contributed by atoms with van der Waals surface area (Å²) >= 11 is 1.20. The maximum Gasteiger partial charge on any atom is 0.278 e. The minimum Gasteiger partial charge on any atom is -0.375 e. The van der Waals surface area contributed by atoms with E-state index in [4.69, 9.17) is 5.73 Å². The van der Waals surface area contributed by atoms with Crippen molar-refractivity contribution in [3.63, 3.8) is 0 Å². The van der Waals surface area contributed by atoms with Gasteiger partial charge in [0.1, 0.15) is 0 Å². The van der Waals surface area contributed by atoms with E-state index in [1.807, 2.05) is 0 Å². The predicted molar refractivity (Wildman–Crippen MR) is 42.4 cm³/mol. The molecule has 0 saturated heterocycles. The van der Waals surface area contributed by atoms with Gasteiger partial charge >= 0.3 is 0 Å². The smallest absolute Gasteiger partial charge is 0.278 e. The summed E-state index contributed by atoms with van der Waals surface area (Å²) in [5.41, 5.74) is 5.44. The molecule has 0 aliphatic carbocycles. The molecule has 0 bridgehead atoms. The number of nitrogens with one attached hydrogen (secondary N) is 1. The van der Waals surface area contributed by atoms with Gasteiger partial charge in [0.25, 0.3) is 5.56 Å². The molecule has 0 radical (unpaired) electrons. The van der Waals surface area contributed by atoms with Gasteiger partial charge < -0.3 is 10.7 Å². The fourth-order valence-electron chi connectivity index (χ4n) is 0.782. The highest BCUT2D eigenvalue weighted by Crippen LogP contribution is 2.16. The third-order valence-electron chi connectivity index (χ3n) is 1.22. The van der Waals surface area contributed by atoms with E-state index in [9.17, 15) is 4.79 Å². The molecule has 0 unspecified atom stereocenters. The molecule has 5 nitrogen and oxygen atoms in total. The number of fused-ring (bicyclic) bond motifs is 1. The van der Waals surface area contributed by atoms with Gasteiger partial charge in [0.2, 0.25) is 0 Å². The minimum atomic E-state index is -0.247. The maximum atomic E-state index is 11.0. The lowest BCUT2D eigenvalue weighted by atomic mass is 10.6. The summed E-state index contributed by atoms with van der Waals surface area (Å²) in [5.74, 6) is 0. The molecule has 2 aromatic rings. The first-order valence-corrected chi connectivity index (χ1v) is 3.69. The molecule has 6 heteroatoms. The number of nitrogens with zero attached hydrogens (tertiary/aromatic N) is 2. The highest BCUT2D eigenvalue weighted by molar-refractivity contribution is 7.21. The normalized spacial score (nSPS) is 10.5. The maximum absolute atomic E-state index is 11.0. The van der Waals surface area contributed by atoms with Crippen molar-refractivity contribution in [2.45, 2.75) is 0 Å². The molecular formula is C5H4N4OS. The minimum absolute atomic E-state index is 0.247. The van der Waals surface area contributed by atoms with Crippen molar-refractivity contribution in [1.29, 1.82) is 0 Å². The average Bonchev–Trinajstić information content (AvgIpc) is 2.31. The van der Waals surface area contributed by atoms with Crippen molar-refractivity contribution in [3.05, 3.63) is 16.7 Å². The molecule has 0 aliphatic rings. The van der Waals surface area contributed by atoms with Crippen molar-refractivity contribution in [2.24, 2.45) is 0 Å². The summed E-state index contributed by atoms with van der Waals surface area (Å²) in [5, 5.41) is 0.365. The Kier molecular flexibility index (Phi) is 1.16. The number of rotatable bonds is 0. The summed E-state index contributed by atoms with van der Waals surface area (Å²) < 4.78 is 0. The van der Waals surface area contributed by atoms with E-state index in [-0.39, 0.29) is 5.56 Å². The van der Waals surface area contributed by atoms with E-state index in [1.54, 1.807) is 0 Å². The predicted octanol–water partition coefficient (Wildman–Crippen LogP) is -0.0382. The SMILES string of the molecule is Nc1nc2c(=O)[nH]cnc2s1. The molecule has 0 saturated carbocycles. The highest BCUT2D eigenvalue weighted by Gasteiger charge is 2.03. The number of anilines is 1. The van der Waals surface area contributed by atoms with E-state index in [1.165, 1.54) is 17.7 Å². The molecule has 0 aliphatic heterocycles. The van der Waals surface area contributed by atoms with Crippen molar-refractivity contribution >= 4 is 26.8 Å². The van der Waals surface area contributed by atoms with E-state index in [0.717, 1.165) is 0 Å². The molecule has 0 amide bonds. The van der Waals surface area contributed by atoms with Gasteiger partial charge in [-0.15, -0.1) is 0 Å². The van der Waals surface area contributed by atoms with Gasteiger partial charge in [-0.25, -0.2) is 9.97 Å². The largest absolute Gasteiger partial charge is 0.375 e. The number of thiazole rings is 1. The monoisotopic (exact) mass is 168 g/mol. The van der Waals surface area contributed by atoms with Crippen LogP contribution >= 0.6 is 11.3 Å². The van der Waals surface area contributed by atoms with Crippen molar-refractivity contribution < 1.29 is 0 Å². The van der Waals surface area contributed by atoms with Crippen LogP contribution in [0.25, 0.3) is 10.3 Å². The fraction of sp³-hybridized carbons (Fsp3) is 0. The zero-order chi connectivity index (χ0) is 7.84. The van der Waals surface area contributed by atoms with Crippen LogP contribution < -0.4 is 11.3 Å². The summed E-state index contributed by atoms with van der Waals surface area (Å²) in [7, 11) is 0. The second-order valence-electron chi connectivity index (χ2n) is 1.94. The van der Waals surface area contributed by atoms with Crippen molar-refractivity contribution in [3.8, 4) is 0 Å². The molecule has 0 aromatic carbocycles. The van der Waals surface area contributed by atoms with Gasteiger partial charge in [0.15, 0.2) is 15.5 Å². The van der Waals surface area contributed by atoms with Crippen LogP contribution in [0.2, 0.25) is 0 Å². The van der Waals surface area contributed by atoms with Crippen LogP contribution in [0.3, 0.4) is 0 Å². The van der Waals surface area contributed by atoms with Crippen LogP contribution in [-0.2, 0) is 0 Å². The number of nitrogens with two attached hydrogens (primary N) is 1. The zero-order valence-electron chi connectivity index (χ0n) is 5.37. The van der Waals surface area contributed by atoms with Crippen LogP contribution in [-0.4, -0.2) is 15.0 Å². The first-order chi connectivity index (χ1) is 5.27. The second-order valence-corrected chi connectivity index (χ2v) is 2.95. The number of nitrogen functional groups attached to an aromatic ring is 1. The molecule has 56 valence electrons. The molecule has 0 fully saturated rings. The van der Waals surface area contributed by atoms with E-state index < -0.39 is 0 Å². The summed E-state index contributed by atoms with van der Waals surface area (Å²) in [6.45, 7) is 0. The molecular weight excluding hydrogens is 164 g/mol. The van der Waals surface area contributed by atoms with Gasteiger partial charge in [0.05, 0.1) is 6.33 Å². The number of aromatic nitrogens is 3. The first-order valence-electron chi connectivity index (χ1n) is 2.87. The number of hydrogen-bond donors (Lipinski definition) is 2. The Labute approximate surface area is 64.9 Å². The number of aromatic amines is 1. The molecule has 0 atom stereocenters. The Morgan fingerprint density at radius 2 is 2.45 bits per heavy atom. The Hall–Kier alpha value is -1.43. The molecule has 3 N–H and O–H groups in total. The lowest BCUT2D eigenvalue weighted by Gasteiger charge is -1.80. The van der Waals surface area contributed by atoms with Crippen LogP contribution in [0.1, 0.15) is 0 Å². The standard InChI is InChI=1S/C5H4N4OS/c6-5-9-2-3(10)7-1-8-4(2)11-5/h1H,(H2,6,9)(H,7,8,10). The fourth-order valence-corrected chi connectivity index (χ4v) is 1.46. The topological polar surface area (TPSA) is 84.7 Å². The Balaban J connectivity index is 3.02. The van der Waals surface area contributed by atoms with Gasteiger partial charge in [0, 0.05) is 0 Å². The van der Waals surface area contributed by atoms with Crippen molar-refractivity contribution in [1.82, 2.24) is 15.0 Å². The molecule has 11 heavy (non-hydrogen) atoms. The van der Waals surface area contributed by atoms with Crippen LogP contribution in [0, 0.1) is 0 Å². The molecule has 2 aromatic heterocycles. The Morgan fingerprint density at radius 1 is 1.64 bits per heavy atom. The molecule has 2 rings (SSSR count). The summed E-state index contributed by atoms with van der Waals surface area (Å²) in [6, 6.07) is 0. The van der Waals surface area contributed by atoms with Gasteiger partial charge in [-0.3, -0.25) is 4.79 Å². The van der Waals surface area contributed by atoms with Gasteiger partial charge in [-0.1, -0.05) is 11.3 Å². The van der Waals surface area contributed by atoms with Crippen LogP contribution in [0.4, 0.5) is 5.13 Å². The summed E-state index contributed by atoms with van der Waals surface area (Å²) in [4.78, 5) is 21.7. The van der Waals surface area contributed by atoms with E-state index >= 15 is 0 Å². The molecule has 2 heterocycles. The van der Waals surface area contributed by atoms with Crippen LogP contribution in [0.5, 0.6) is 0 Å². The summed E-state index contributed by atoms with van der Waals surface area (Å²) in [6.07, 6.45) is 1.34. The number of H-pyrrole nitrogens is 1. The Morgan fingerprint density at radius 3 is 3.18 bits per heavy atom. The third kappa shape index (κ3) is 0.874. The number of hydrogen-bond acceptors (Lipinski definition) is 5. The Bertz CT molecular complexity index is 445. The first kappa shape index (κ1) is 6.29.